The van der Waals surface area contributed by atoms with Crippen molar-refractivity contribution in [2.45, 2.75) is 44.2 Å². The largest absolute Gasteiger partial charge is 0.506 e. The Balaban J connectivity index is 2.14. The van der Waals surface area contributed by atoms with Gasteiger partial charge in [-0.2, -0.15) is 0 Å². The van der Waals surface area contributed by atoms with Crippen LogP contribution in [-0.4, -0.2) is 32.3 Å². The van der Waals surface area contributed by atoms with Crippen LogP contribution in [0.25, 0.3) is 0 Å². The number of rotatable bonds is 5. The highest BCUT2D eigenvalue weighted by molar-refractivity contribution is 7.89. The van der Waals surface area contributed by atoms with Crippen LogP contribution in [0, 0.1) is 5.41 Å². The first-order chi connectivity index (χ1) is 9.68. The molecule has 1 aliphatic rings. The molecule has 0 radical (unpaired) electrons. The van der Waals surface area contributed by atoms with Crippen LogP contribution in [-0.2, 0) is 14.8 Å². The first kappa shape index (κ1) is 16.1. The molecule has 0 aliphatic heterocycles. The summed E-state index contributed by atoms with van der Waals surface area (Å²) >= 11 is 0. The molecular formula is C14H22N2O4S. The number of hydrogen-bond acceptors (Lipinski definition) is 5. The number of anilines is 1. The number of benzene rings is 1. The zero-order chi connectivity index (χ0) is 15.8. The van der Waals surface area contributed by atoms with Gasteiger partial charge < -0.3 is 15.6 Å². The van der Waals surface area contributed by atoms with Crippen molar-refractivity contribution in [3.05, 3.63) is 18.2 Å². The second kappa shape index (κ2) is 5.47. The van der Waals surface area contributed by atoms with Crippen molar-refractivity contribution < 1.29 is 18.3 Å². The standard InChI is InChI=1S/C14H22N2O4S/c1-4-20-13-8-12(14(13,2)3)16-21(18,19)9-5-6-11(17)10(15)7-9/h5-7,12-13,16-17H,4,8,15H2,1-3H3. The quantitative estimate of drug-likeness (QED) is 0.564. The van der Waals surface area contributed by atoms with Gasteiger partial charge in [0.05, 0.1) is 16.7 Å². The maximum absolute atomic E-state index is 12.4. The molecule has 1 aliphatic carbocycles. The number of phenolic OH excluding ortho intramolecular Hbond substituents is 1. The van der Waals surface area contributed by atoms with Crippen molar-refractivity contribution in [3.63, 3.8) is 0 Å². The fourth-order valence-corrected chi connectivity index (χ4v) is 3.96. The molecule has 0 spiro atoms. The Morgan fingerprint density at radius 2 is 2.14 bits per heavy atom. The van der Waals surface area contributed by atoms with E-state index in [1.807, 2.05) is 20.8 Å². The van der Waals surface area contributed by atoms with Crippen LogP contribution in [0.1, 0.15) is 27.2 Å². The van der Waals surface area contributed by atoms with Crippen LogP contribution >= 0.6 is 0 Å². The van der Waals surface area contributed by atoms with Gasteiger partial charge in [0.15, 0.2) is 0 Å². The predicted molar refractivity (Wildman–Crippen MR) is 80.4 cm³/mol. The Bertz CT molecular complexity index is 628. The Labute approximate surface area is 125 Å². The molecule has 0 amide bonds. The topological polar surface area (TPSA) is 102 Å². The Hall–Kier alpha value is -1.31. The molecule has 6 nitrogen and oxygen atoms in total. The van der Waals surface area contributed by atoms with Crippen LogP contribution in [0.5, 0.6) is 5.75 Å². The van der Waals surface area contributed by atoms with E-state index >= 15 is 0 Å². The first-order valence-corrected chi connectivity index (χ1v) is 8.39. The summed E-state index contributed by atoms with van der Waals surface area (Å²) in [5.74, 6) is -0.130. The maximum atomic E-state index is 12.4. The first-order valence-electron chi connectivity index (χ1n) is 6.91. The van der Waals surface area contributed by atoms with Crippen LogP contribution in [0.3, 0.4) is 0 Å². The molecular weight excluding hydrogens is 292 g/mol. The van der Waals surface area contributed by atoms with E-state index in [9.17, 15) is 13.5 Å². The molecule has 0 heterocycles. The minimum absolute atomic E-state index is 0.0398. The smallest absolute Gasteiger partial charge is 0.240 e. The minimum Gasteiger partial charge on any atom is -0.506 e. The maximum Gasteiger partial charge on any atom is 0.240 e. The Morgan fingerprint density at radius 3 is 2.67 bits per heavy atom. The number of phenols is 1. The van der Waals surface area contributed by atoms with E-state index in [1.165, 1.54) is 18.2 Å². The van der Waals surface area contributed by atoms with Gasteiger partial charge in [0.2, 0.25) is 10.0 Å². The lowest BCUT2D eigenvalue weighted by atomic mass is 9.65. The number of aromatic hydroxyl groups is 1. The van der Waals surface area contributed by atoms with Crippen LogP contribution in [0.15, 0.2) is 23.1 Å². The van der Waals surface area contributed by atoms with Gasteiger partial charge in [-0.1, -0.05) is 13.8 Å². The van der Waals surface area contributed by atoms with Crippen LogP contribution < -0.4 is 10.5 Å². The van der Waals surface area contributed by atoms with Crippen LogP contribution in [0.2, 0.25) is 0 Å². The summed E-state index contributed by atoms with van der Waals surface area (Å²) in [6, 6.07) is 3.68. The number of nitrogens with one attached hydrogen (secondary N) is 1. The molecule has 4 N–H and O–H groups in total. The summed E-state index contributed by atoms with van der Waals surface area (Å²) in [6.07, 6.45) is 0.702. The zero-order valence-corrected chi connectivity index (χ0v) is 13.3. The molecule has 0 bridgehead atoms. The third-order valence-electron chi connectivity index (χ3n) is 4.15. The number of ether oxygens (including phenoxy) is 1. The fraction of sp³-hybridized carbons (Fsp3) is 0.571. The molecule has 1 fully saturated rings. The summed E-state index contributed by atoms with van der Waals surface area (Å²) in [5.41, 5.74) is 5.33. The van der Waals surface area contributed by atoms with Gasteiger partial charge in [-0.3, -0.25) is 0 Å². The number of sulfonamides is 1. The number of nitrogens with two attached hydrogens (primary N) is 1. The van der Waals surface area contributed by atoms with E-state index in [2.05, 4.69) is 4.72 Å². The molecule has 0 aromatic heterocycles. The monoisotopic (exact) mass is 314 g/mol. The third-order valence-corrected chi connectivity index (χ3v) is 5.62. The minimum atomic E-state index is -3.67. The zero-order valence-electron chi connectivity index (χ0n) is 12.5. The molecule has 1 aromatic rings. The van der Waals surface area contributed by atoms with E-state index in [-0.39, 0.29) is 33.9 Å². The van der Waals surface area contributed by atoms with E-state index in [0.29, 0.717) is 13.0 Å². The van der Waals surface area contributed by atoms with Gasteiger partial charge in [0.1, 0.15) is 5.75 Å². The van der Waals surface area contributed by atoms with Crippen LogP contribution in [0.4, 0.5) is 5.69 Å². The lowest BCUT2D eigenvalue weighted by molar-refractivity contribution is -0.108. The van der Waals surface area contributed by atoms with Crippen molar-refractivity contribution in [2.24, 2.45) is 5.41 Å². The van der Waals surface area contributed by atoms with Gasteiger partial charge in [-0.15, -0.1) is 0 Å². The molecule has 1 aromatic carbocycles. The molecule has 7 heteroatoms. The number of nitrogen functional groups attached to an aromatic ring is 1. The van der Waals surface area contributed by atoms with Crippen molar-refractivity contribution >= 4 is 15.7 Å². The normalized spacial score (nSPS) is 24.5. The van der Waals surface area contributed by atoms with Gasteiger partial charge in [-0.25, -0.2) is 13.1 Å². The van der Waals surface area contributed by atoms with Gasteiger partial charge in [-0.05, 0) is 31.5 Å². The third kappa shape index (κ3) is 3.00. The second-order valence-electron chi connectivity index (χ2n) is 5.90. The Kier molecular flexibility index (Phi) is 4.19. The van der Waals surface area contributed by atoms with Gasteiger partial charge >= 0.3 is 0 Å². The second-order valence-corrected chi connectivity index (χ2v) is 7.61. The Morgan fingerprint density at radius 1 is 1.48 bits per heavy atom. The number of hydrogen-bond donors (Lipinski definition) is 3. The van der Waals surface area contributed by atoms with Gasteiger partial charge in [0.25, 0.3) is 0 Å². The highest BCUT2D eigenvalue weighted by atomic mass is 32.2. The van der Waals surface area contributed by atoms with E-state index in [0.717, 1.165) is 0 Å². The summed E-state index contributed by atoms with van der Waals surface area (Å²) in [7, 11) is -3.67. The molecule has 2 rings (SSSR count). The SMILES string of the molecule is CCOC1CC(NS(=O)(=O)c2ccc(O)c(N)c2)C1(C)C. The molecule has 118 valence electrons. The van der Waals surface area contributed by atoms with E-state index < -0.39 is 10.0 Å². The highest BCUT2D eigenvalue weighted by Crippen LogP contribution is 2.43. The van der Waals surface area contributed by atoms with Crippen molar-refractivity contribution in [3.8, 4) is 5.75 Å². The highest BCUT2D eigenvalue weighted by Gasteiger charge is 2.50. The summed E-state index contributed by atoms with van der Waals surface area (Å²) in [4.78, 5) is 0.0495. The molecule has 0 saturated heterocycles. The van der Waals surface area contributed by atoms with E-state index in [4.69, 9.17) is 10.5 Å². The lowest BCUT2D eigenvalue weighted by Crippen LogP contribution is -2.61. The van der Waals surface area contributed by atoms with Gasteiger partial charge in [0, 0.05) is 18.1 Å². The average Bonchev–Trinajstić information content (AvgIpc) is 2.40. The van der Waals surface area contributed by atoms with Crippen molar-refractivity contribution in [1.29, 1.82) is 0 Å². The van der Waals surface area contributed by atoms with Crippen molar-refractivity contribution in [2.75, 3.05) is 12.3 Å². The molecule has 21 heavy (non-hydrogen) atoms. The average molecular weight is 314 g/mol. The summed E-state index contributed by atoms with van der Waals surface area (Å²) in [5, 5.41) is 9.37. The molecule has 2 atom stereocenters. The van der Waals surface area contributed by atoms with Crippen molar-refractivity contribution in [1.82, 2.24) is 4.72 Å². The predicted octanol–water partition coefficient (Wildman–Crippen LogP) is 1.46. The summed E-state index contributed by atoms with van der Waals surface area (Å²) < 4.78 is 33.0. The fourth-order valence-electron chi connectivity index (χ4n) is 2.52. The molecule has 1 saturated carbocycles. The summed E-state index contributed by atoms with van der Waals surface area (Å²) in [6.45, 7) is 6.50. The van der Waals surface area contributed by atoms with E-state index in [1.54, 1.807) is 0 Å². The lowest BCUT2D eigenvalue weighted by Gasteiger charge is -2.51. The molecule has 2 unspecified atom stereocenters.